The molecule has 0 aromatic heterocycles. The first-order valence-electron chi connectivity index (χ1n) is 82.7. The van der Waals surface area contributed by atoms with Crippen LogP contribution in [-0.2, 0) is 38.5 Å². The summed E-state index contributed by atoms with van der Waals surface area (Å²) in [6.07, 6.45) is -0.0219. The molecule has 0 saturated heterocycles. The summed E-state index contributed by atoms with van der Waals surface area (Å²) in [5.74, 6) is -36.7. The zero-order chi connectivity index (χ0) is 159. The molecule has 0 bridgehead atoms. The standard InChI is InChI=1S/6C21H30O2/c6*1-5-6-7-8-15-12-18(22)20-16-11-14(2)9-10-17(16)21(3,4)23-19(20)13-15/h6*11-13,16-17,22H,5-10H2,1-4H3/t6*16-,17-/m111111/s1/i3D3,4D3,9D2,10D2,11D,16D,17D;2D3,3D3,4D3,10D2,11D,16D,17D;3D3,4D3,10D2,11D,16D,17D;2D3,3D3,4D3,9D2,16D;3D3,4D3,9D2,16D;2D3,3D3,4D3,16D. The third kappa shape index (κ3) is 25.0. The Morgan fingerprint density at radius 1 is 0.283 bits per heavy atom. The molecule has 6 N–H and O–H groups in total. The second kappa shape index (κ2) is 45.7. The van der Waals surface area contributed by atoms with Gasteiger partial charge in [0.2, 0.25) is 0 Å². The molecule has 12 aliphatic rings. The van der Waals surface area contributed by atoms with Gasteiger partial charge in [0.25, 0.3) is 0 Å². The van der Waals surface area contributed by atoms with Gasteiger partial charge in [-0.25, -0.2) is 0 Å². The van der Waals surface area contributed by atoms with E-state index in [9.17, 15) is 43.0 Å². The average Bonchev–Trinajstić information content (AvgIpc) is 0.630. The second-order valence-corrected chi connectivity index (χ2v) is 37.4. The summed E-state index contributed by atoms with van der Waals surface area (Å²) >= 11 is 0. The van der Waals surface area contributed by atoms with Gasteiger partial charge >= 0.3 is 0 Å². The zero-order valence-corrected chi connectivity index (χ0v) is 80.2. The maximum absolute atomic E-state index is 11.0. The average molecular weight is 1960 g/mol. The van der Waals surface area contributed by atoms with Crippen LogP contribution in [0.5, 0.6) is 69.0 Å². The van der Waals surface area contributed by atoms with E-state index >= 15 is 0 Å². The number of benzene rings is 6. The van der Waals surface area contributed by atoms with Gasteiger partial charge in [0, 0.05) is 195 Å². The molecule has 6 aliphatic carbocycles. The second-order valence-electron chi connectivity index (χ2n) is 37.4. The number of rotatable bonds is 24. The summed E-state index contributed by atoms with van der Waals surface area (Å²) in [5.41, 5.74) is -20.5. The van der Waals surface area contributed by atoms with Crippen LogP contribution >= 0.6 is 0 Å². The topological polar surface area (TPSA) is 177 Å². The number of phenols is 6. The van der Waals surface area contributed by atoms with Crippen LogP contribution in [0.25, 0.3) is 0 Å². The molecule has 138 heavy (non-hydrogen) atoms. The largest absolute Gasteiger partial charge is 0.507 e. The Morgan fingerprint density at radius 3 is 0.841 bits per heavy atom. The summed E-state index contributed by atoms with van der Waals surface area (Å²) in [4.78, 5) is 0. The van der Waals surface area contributed by atoms with Crippen LogP contribution in [0, 0.1) is 35.4 Å². The molecule has 12 atom stereocenters. The molecule has 6 aromatic rings. The molecule has 756 valence electrons. The van der Waals surface area contributed by atoms with Gasteiger partial charge in [0.1, 0.15) is 103 Å². The van der Waals surface area contributed by atoms with Crippen LogP contribution in [0.4, 0.5) is 0 Å². The summed E-state index contributed by atoms with van der Waals surface area (Å²) in [7, 11) is 0. The van der Waals surface area contributed by atoms with Crippen molar-refractivity contribution in [2.75, 3.05) is 0 Å². The van der Waals surface area contributed by atoms with E-state index in [-0.39, 0.29) is 75.0 Å². The van der Waals surface area contributed by atoms with E-state index in [1.165, 1.54) is 92.7 Å². The first-order valence-corrected chi connectivity index (χ1v) is 48.2. The predicted octanol–water partition coefficient (Wildman–Crippen LogP) is 34.4. The molecule has 12 nitrogen and oxygen atoms in total. The van der Waals surface area contributed by atoms with Crippen molar-refractivity contribution in [2.24, 2.45) is 35.4 Å². The van der Waals surface area contributed by atoms with Crippen LogP contribution in [0.1, 0.15) is 554 Å². The number of unbranched alkanes of at least 4 members (excludes halogenated alkanes) is 12. The molecule has 0 unspecified atom stereocenters. The highest BCUT2D eigenvalue weighted by Crippen LogP contribution is 2.61. The maximum atomic E-state index is 11.0. The van der Waals surface area contributed by atoms with Gasteiger partial charge in [-0.3, -0.25) is 0 Å². The molecule has 0 fully saturated rings. The Morgan fingerprint density at radius 2 is 0.536 bits per heavy atom. The fraction of sp³-hybridized carbons (Fsp3) is 0.619. The van der Waals surface area contributed by atoms with Gasteiger partial charge in [0.05, 0.1) is 4.11 Å². The fourth-order valence-corrected chi connectivity index (χ4v) is 18.9. The Labute approximate surface area is 931 Å². The molecular weight excluding hydrogens is 1710 g/mol. The maximum Gasteiger partial charge on any atom is 0.127 e. The molecule has 6 aliphatic heterocycles. The quantitative estimate of drug-likeness (QED) is 0.0250. The number of hydrogen-bond donors (Lipinski definition) is 6. The van der Waals surface area contributed by atoms with Crippen LogP contribution in [0.2, 0.25) is 0 Å². The smallest absolute Gasteiger partial charge is 0.127 e. The Hall–Kier alpha value is -8.64. The van der Waals surface area contributed by atoms with Crippen molar-refractivity contribution in [3.05, 3.63) is 209 Å². The number of aryl methyl sites for hydroxylation is 6. The van der Waals surface area contributed by atoms with Crippen LogP contribution in [0.15, 0.2) is 143 Å². The molecule has 0 amide bonds. The van der Waals surface area contributed by atoms with E-state index in [4.69, 9.17) is 111 Å². The van der Waals surface area contributed by atoms with Crippen molar-refractivity contribution in [1.82, 2.24) is 0 Å². The van der Waals surface area contributed by atoms with Crippen molar-refractivity contribution in [3.63, 3.8) is 0 Å². The number of ether oxygens (including phenoxy) is 6. The third-order valence-electron chi connectivity index (χ3n) is 25.9. The zero-order valence-electron chi connectivity index (χ0n) is 149. The van der Waals surface area contributed by atoms with Gasteiger partial charge in [-0.05, 0) is 384 Å². The minimum Gasteiger partial charge on any atom is -0.507 e. The number of fused-ring (bicyclic) bond motifs is 18. The van der Waals surface area contributed by atoms with E-state index < -0.39 is 363 Å². The fourth-order valence-electron chi connectivity index (χ4n) is 18.9. The highest BCUT2D eigenvalue weighted by molar-refractivity contribution is 5.60. The van der Waals surface area contributed by atoms with Crippen molar-refractivity contribution in [2.45, 2.75) is 465 Å². The molecule has 6 aromatic carbocycles. The molecule has 12 heteroatoms. The van der Waals surface area contributed by atoms with E-state index in [0.717, 1.165) is 122 Å². The number of allylic oxidation sites excluding steroid dienone is 12. The molecule has 0 spiro atoms. The monoisotopic (exact) mass is 1950 g/mol. The highest BCUT2D eigenvalue weighted by Gasteiger charge is 2.52. The lowest BCUT2D eigenvalue weighted by molar-refractivity contribution is 0.0104. The van der Waals surface area contributed by atoms with E-state index in [1.54, 1.807) is 0 Å². The third-order valence-corrected chi connectivity index (χ3v) is 25.9. The van der Waals surface area contributed by atoms with E-state index in [1.807, 2.05) is 34.6 Å². The molecule has 18 rings (SSSR count). The lowest BCUT2D eigenvalue weighted by Crippen LogP contribution is -2.45. The summed E-state index contributed by atoms with van der Waals surface area (Å²) < 4.78 is 611. The van der Waals surface area contributed by atoms with E-state index in [2.05, 4.69) is 6.92 Å². The first-order chi connectivity index (χ1) is 93.2. The van der Waals surface area contributed by atoms with Gasteiger partial charge in [-0.2, -0.15) is 0 Å². The Balaban J connectivity index is 0.000000199. The lowest BCUT2D eigenvalue weighted by atomic mass is 9.68. The minimum absolute atomic E-state index is 0.0132. The highest BCUT2D eigenvalue weighted by atomic mass is 16.5. The molecule has 0 saturated carbocycles. The van der Waals surface area contributed by atoms with Gasteiger partial charge in [-0.15, -0.1) is 0 Å². The molecule has 6 heterocycles. The van der Waals surface area contributed by atoms with Gasteiger partial charge in [-0.1, -0.05) is 188 Å². The predicted molar refractivity (Wildman–Crippen MR) is 572 cm³/mol. The Bertz CT molecular complexity index is 8470. The lowest BCUT2D eigenvalue weighted by Gasteiger charge is -2.46. The van der Waals surface area contributed by atoms with Gasteiger partial charge in [0.15, 0.2) is 0 Å². The van der Waals surface area contributed by atoms with Crippen LogP contribution in [0.3, 0.4) is 0 Å². The minimum atomic E-state index is -3.78. The van der Waals surface area contributed by atoms with Gasteiger partial charge < -0.3 is 59.1 Å². The van der Waals surface area contributed by atoms with Crippen molar-refractivity contribution >= 4 is 0 Å². The first kappa shape index (κ1) is 48.2. The Kier molecular flexibility index (Phi) is 16.0. The van der Waals surface area contributed by atoms with E-state index in [0.29, 0.717) is 84.7 Å². The molecule has 0 radical (unpaired) electrons. The van der Waals surface area contributed by atoms with Crippen molar-refractivity contribution in [1.29, 1.82) is 0 Å². The van der Waals surface area contributed by atoms with Crippen molar-refractivity contribution < 1.29 is 154 Å². The SMILES string of the molecule is [2H]C([2H])([2H])C1=C[C@@]2([2H])c3c(O)cc(CCCCC)cc3OC(C([2H])([2H])[2H])(C([2H])([2H])[2H])[C@@H]2CC1.[2H]C([2H])([2H])C1=C[C@@]2([2H])c3c(O)cc(CCCCC)cc3OC(C([2H])([2H])[2H])(C([2H])([2H])[2H])[C@@H]2CC1([2H])[2H].[2H]C1([2H])C[C@H]2C(C([2H])([2H])[2H])(C([2H])([2H])[2H])Oc3cc(CCCCC)cc(O)c3[C@]2([2H])C=C1C.[2H]C1=C(C([2H])([2H])[2H])CC([2H])([2H])[C@@]2([2H])C(C([2H])([2H])[2H])(C([2H])([2H])[2H])Oc3cc(CCCCC)cc(O)c3[C@]12[2H].[2H]C1=C(C)C([2H])([2H])C([2H])([2H])[C@@]2([2H])C(C([2H])([2H])[2H])(C([2H])([2H])[2H])Oc3cc(CCCCC)cc(O)c3[C@]12[2H].[2H]C1=C(C)CC([2H])([2H])[C@@]2([2H])C(C([2H])([2H])[2H])(C([2H])([2H])[2H])Oc3cc(CCCCC)cc(O)c3[C@]12[2H]. The number of aromatic hydroxyl groups is 6. The summed E-state index contributed by atoms with van der Waals surface area (Å²) in [6, 6.07) is 13.6. The summed E-state index contributed by atoms with van der Waals surface area (Å²) in [5, 5.41) is 65.8. The number of phenolic OH excluding ortho intramolecular Hbond substituents is 6. The van der Waals surface area contributed by atoms with Crippen LogP contribution in [-0.4, -0.2) is 64.2 Å². The summed E-state index contributed by atoms with van der Waals surface area (Å²) in [6.45, 7) is -34.3. The normalized spacial score (nSPS) is 41.1. The van der Waals surface area contributed by atoms with Crippen molar-refractivity contribution in [3.8, 4) is 69.0 Å². The number of hydrogen-bond acceptors (Lipinski definition) is 12. The van der Waals surface area contributed by atoms with Crippen LogP contribution < -0.4 is 28.4 Å². The molecular formula is C126H180O12.